The van der Waals surface area contributed by atoms with Crippen LogP contribution in [0.15, 0.2) is 18.2 Å². The van der Waals surface area contributed by atoms with Gasteiger partial charge >= 0.3 is 6.18 Å². The quantitative estimate of drug-likeness (QED) is 0.635. The minimum absolute atomic E-state index is 0.251. The summed E-state index contributed by atoms with van der Waals surface area (Å²) in [6, 6.07) is 3.09. The van der Waals surface area contributed by atoms with Gasteiger partial charge in [0, 0.05) is 38.3 Å². The van der Waals surface area contributed by atoms with Crippen molar-refractivity contribution >= 4 is 11.4 Å². The van der Waals surface area contributed by atoms with Gasteiger partial charge in [0.2, 0.25) is 0 Å². The van der Waals surface area contributed by atoms with Gasteiger partial charge in [-0.15, -0.1) is 0 Å². The fourth-order valence-corrected chi connectivity index (χ4v) is 2.59. The summed E-state index contributed by atoms with van der Waals surface area (Å²) in [6.45, 7) is 6.72. The number of nitrogens with zero attached hydrogens (tertiary/aromatic N) is 3. The van der Waals surface area contributed by atoms with Gasteiger partial charge in [0.15, 0.2) is 0 Å². The molecule has 1 aliphatic rings. The third-order valence-electron chi connectivity index (χ3n) is 3.88. The lowest BCUT2D eigenvalue weighted by atomic mass is 10.1. The number of nitro benzene ring substituents is 1. The van der Waals surface area contributed by atoms with Crippen LogP contribution in [0.2, 0.25) is 0 Å². The minimum atomic E-state index is -4.58. The summed E-state index contributed by atoms with van der Waals surface area (Å²) in [5, 5.41) is 11.1. The summed E-state index contributed by atoms with van der Waals surface area (Å²) in [5.74, 6) is 0. The normalized spacial score (nSPS) is 17.1. The Hall–Kier alpha value is -1.83. The standard InChI is InChI=1S/C14H18F3N3O2/c1-10(2)18-5-7-19(8-6-18)12-4-3-11(14(15,16)17)9-13(12)20(21)22/h3-4,9-10H,5-8H2,1-2H3. The average molecular weight is 317 g/mol. The van der Waals surface area contributed by atoms with Crippen molar-refractivity contribution in [3.63, 3.8) is 0 Å². The summed E-state index contributed by atoms with van der Waals surface area (Å²) < 4.78 is 38.1. The van der Waals surface area contributed by atoms with Crippen LogP contribution in [-0.2, 0) is 6.18 Å². The van der Waals surface area contributed by atoms with Crippen molar-refractivity contribution in [2.24, 2.45) is 0 Å². The van der Waals surface area contributed by atoms with Crippen LogP contribution in [0.4, 0.5) is 24.5 Å². The SMILES string of the molecule is CC(C)N1CCN(c2ccc(C(F)(F)F)cc2[N+](=O)[O-])CC1. The molecule has 1 heterocycles. The number of anilines is 1. The second-order valence-corrected chi connectivity index (χ2v) is 5.58. The van der Waals surface area contributed by atoms with Crippen molar-refractivity contribution in [1.29, 1.82) is 0 Å². The van der Waals surface area contributed by atoms with Gasteiger partial charge in [0.25, 0.3) is 5.69 Å². The predicted molar refractivity (Wildman–Crippen MR) is 77.0 cm³/mol. The average Bonchev–Trinajstić information content (AvgIpc) is 2.45. The molecule has 1 aromatic carbocycles. The number of piperazine rings is 1. The number of hydrogen-bond acceptors (Lipinski definition) is 4. The Bertz CT molecular complexity index is 553. The van der Waals surface area contributed by atoms with E-state index in [4.69, 9.17) is 0 Å². The van der Waals surface area contributed by atoms with Crippen molar-refractivity contribution in [2.45, 2.75) is 26.1 Å². The summed E-state index contributed by atoms with van der Waals surface area (Å²) in [5.41, 5.74) is -1.24. The molecule has 22 heavy (non-hydrogen) atoms. The van der Waals surface area contributed by atoms with Crippen molar-refractivity contribution in [1.82, 2.24) is 4.90 Å². The Morgan fingerprint density at radius 3 is 2.23 bits per heavy atom. The molecule has 0 atom stereocenters. The van der Waals surface area contributed by atoms with Crippen LogP contribution >= 0.6 is 0 Å². The largest absolute Gasteiger partial charge is 0.416 e. The Morgan fingerprint density at radius 1 is 1.18 bits per heavy atom. The van der Waals surface area contributed by atoms with E-state index in [0.717, 1.165) is 19.2 Å². The summed E-state index contributed by atoms with van der Waals surface area (Å²) in [4.78, 5) is 14.4. The zero-order valence-electron chi connectivity index (χ0n) is 12.4. The van der Waals surface area contributed by atoms with Crippen molar-refractivity contribution in [2.75, 3.05) is 31.1 Å². The number of nitro groups is 1. The van der Waals surface area contributed by atoms with Crippen LogP contribution in [0.5, 0.6) is 0 Å². The smallest absolute Gasteiger partial charge is 0.363 e. The molecule has 1 saturated heterocycles. The first-order chi connectivity index (χ1) is 10.2. The molecule has 0 aliphatic carbocycles. The molecule has 5 nitrogen and oxygen atoms in total. The molecule has 2 rings (SSSR count). The topological polar surface area (TPSA) is 49.6 Å². The second kappa shape index (κ2) is 6.12. The maximum Gasteiger partial charge on any atom is 0.416 e. The molecule has 0 amide bonds. The number of alkyl halides is 3. The number of benzene rings is 1. The summed E-state index contributed by atoms with van der Waals surface area (Å²) in [6.07, 6.45) is -4.58. The fraction of sp³-hybridized carbons (Fsp3) is 0.571. The molecule has 1 fully saturated rings. The van der Waals surface area contributed by atoms with Gasteiger partial charge in [0.05, 0.1) is 10.5 Å². The maximum absolute atomic E-state index is 12.7. The molecule has 0 spiro atoms. The van der Waals surface area contributed by atoms with Crippen LogP contribution in [0, 0.1) is 10.1 Å². The highest BCUT2D eigenvalue weighted by Crippen LogP contribution is 2.36. The molecule has 1 aliphatic heterocycles. The summed E-state index contributed by atoms with van der Waals surface area (Å²) >= 11 is 0. The van der Waals surface area contributed by atoms with E-state index < -0.39 is 22.4 Å². The molecule has 8 heteroatoms. The van der Waals surface area contributed by atoms with Gasteiger partial charge in [-0.2, -0.15) is 13.2 Å². The van der Waals surface area contributed by atoms with Crippen LogP contribution in [0.3, 0.4) is 0 Å². The Balaban J connectivity index is 2.26. The molecule has 0 radical (unpaired) electrons. The monoisotopic (exact) mass is 317 g/mol. The molecule has 122 valence electrons. The first-order valence-electron chi connectivity index (χ1n) is 7.05. The van der Waals surface area contributed by atoms with Crippen LogP contribution < -0.4 is 4.90 Å². The number of hydrogen-bond donors (Lipinski definition) is 0. The van der Waals surface area contributed by atoms with E-state index in [1.807, 2.05) is 0 Å². The highest BCUT2D eigenvalue weighted by Gasteiger charge is 2.34. The Kier molecular flexibility index (Phi) is 4.60. The maximum atomic E-state index is 12.7. The van der Waals surface area contributed by atoms with Crippen molar-refractivity contribution in [3.8, 4) is 0 Å². The van der Waals surface area contributed by atoms with Crippen LogP contribution in [0.25, 0.3) is 0 Å². The van der Waals surface area contributed by atoms with Gasteiger partial charge < -0.3 is 4.90 Å². The second-order valence-electron chi connectivity index (χ2n) is 5.58. The fourth-order valence-electron chi connectivity index (χ4n) is 2.59. The Labute approximate surface area is 126 Å². The van der Waals surface area contributed by atoms with Gasteiger partial charge in [-0.1, -0.05) is 0 Å². The molecular formula is C14H18F3N3O2. The van der Waals surface area contributed by atoms with Gasteiger partial charge in [-0.05, 0) is 26.0 Å². The van der Waals surface area contributed by atoms with Gasteiger partial charge in [0.1, 0.15) is 5.69 Å². The minimum Gasteiger partial charge on any atom is -0.363 e. The first kappa shape index (κ1) is 16.5. The van der Waals surface area contributed by atoms with Crippen molar-refractivity contribution < 1.29 is 18.1 Å². The van der Waals surface area contributed by atoms with Gasteiger partial charge in [-0.25, -0.2) is 0 Å². The zero-order chi connectivity index (χ0) is 16.5. The van der Waals surface area contributed by atoms with E-state index in [2.05, 4.69) is 18.7 Å². The van der Waals surface area contributed by atoms with E-state index in [0.29, 0.717) is 25.2 Å². The van der Waals surface area contributed by atoms with Crippen molar-refractivity contribution in [3.05, 3.63) is 33.9 Å². The third kappa shape index (κ3) is 3.49. The van der Waals surface area contributed by atoms with Crippen LogP contribution in [-0.4, -0.2) is 42.0 Å². The first-order valence-corrected chi connectivity index (χ1v) is 7.05. The number of halogens is 3. The van der Waals surface area contributed by atoms with E-state index in [9.17, 15) is 23.3 Å². The molecule has 0 bridgehead atoms. The highest BCUT2D eigenvalue weighted by atomic mass is 19.4. The molecule has 0 saturated carbocycles. The molecular weight excluding hydrogens is 299 g/mol. The lowest BCUT2D eigenvalue weighted by molar-refractivity contribution is -0.384. The predicted octanol–water partition coefficient (Wildman–Crippen LogP) is 3.14. The van der Waals surface area contributed by atoms with E-state index in [1.54, 1.807) is 4.90 Å². The van der Waals surface area contributed by atoms with E-state index in [1.165, 1.54) is 6.07 Å². The lowest BCUT2D eigenvalue weighted by Crippen LogP contribution is -2.49. The highest BCUT2D eigenvalue weighted by molar-refractivity contribution is 5.65. The summed E-state index contributed by atoms with van der Waals surface area (Å²) in [7, 11) is 0. The van der Waals surface area contributed by atoms with Crippen LogP contribution in [0.1, 0.15) is 19.4 Å². The number of rotatable bonds is 3. The molecule has 1 aromatic rings. The lowest BCUT2D eigenvalue weighted by Gasteiger charge is -2.37. The van der Waals surface area contributed by atoms with E-state index >= 15 is 0 Å². The molecule has 0 N–H and O–H groups in total. The molecule has 0 unspecified atom stereocenters. The third-order valence-corrected chi connectivity index (χ3v) is 3.88. The van der Waals surface area contributed by atoms with Gasteiger partial charge in [-0.3, -0.25) is 15.0 Å². The Morgan fingerprint density at radius 2 is 1.77 bits per heavy atom. The zero-order valence-corrected chi connectivity index (χ0v) is 12.4. The molecule has 0 aromatic heterocycles. The van der Waals surface area contributed by atoms with E-state index in [-0.39, 0.29) is 5.69 Å².